The molecule has 0 fully saturated rings. The second-order valence-corrected chi connectivity index (χ2v) is 6.38. The minimum absolute atomic E-state index is 0.0574. The topological polar surface area (TPSA) is 88.4 Å². The smallest absolute Gasteiger partial charge is 0.0835 e. The maximum Gasteiger partial charge on any atom is 0.0835 e. The summed E-state index contributed by atoms with van der Waals surface area (Å²) in [5.41, 5.74) is 8.96. The molecule has 0 amide bonds. The number of aliphatic hydroxyl groups excluding tert-OH is 1. The van der Waals surface area contributed by atoms with E-state index in [1.165, 1.54) is 5.01 Å². The highest BCUT2D eigenvalue weighted by molar-refractivity contribution is 5.58. The molecule has 0 aliphatic rings. The third-order valence-corrected chi connectivity index (χ3v) is 4.21. The van der Waals surface area contributed by atoms with Crippen LogP contribution in [0.4, 0.5) is 0 Å². The molecule has 0 aliphatic carbocycles. The fourth-order valence-electron chi connectivity index (χ4n) is 2.74. The highest BCUT2D eigenvalue weighted by Gasteiger charge is 2.17. The number of nitrogens with zero attached hydrogens (tertiary/aromatic N) is 2. The zero-order valence-corrected chi connectivity index (χ0v) is 14.9. The van der Waals surface area contributed by atoms with Crippen LogP contribution in [0.3, 0.4) is 0 Å². The van der Waals surface area contributed by atoms with Gasteiger partial charge in [-0.05, 0) is 29.7 Å². The Kier molecular flexibility index (Phi) is 4.72. The van der Waals surface area contributed by atoms with E-state index in [2.05, 4.69) is 4.98 Å². The predicted molar refractivity (Wildman–Crippen MR) is 108 cm³/mol. The summed E-state index contributed by atoms with van der Waals surface area (Å²) in [5, 5.41) is 11.9. The van der Waals surface area contributed by atoms with Gasteiger partial charge in [-0.2, -0.15) is 0 Å². The summed E-state index contributed by atoms with van der Waals surface area (Å²) in [7, 11) is 0. The normalized spacial score (nSPS) is 16.1. The molecule has 0 radical (unpaired) electrons. The van der Waals surface area contributed by atoms with Crippen molar-refractivity contribution in [3.63, 3.8) is 0 Å². The molecule has 0 aliphatic heterocycles. The standard InChI is InChI=1S/C22H26N4O/c23-20(14-17-6-2-1-3-7-17)22(27)16-26(24)15-18-9-11-19(12-10-18)21-8-4-5-13-25-21/h1-13,20,22,27H,14-16,23-24H2/t20-,22-/m1/s1/i1D,2D,3D,6D,7D. The molecule has 1 heterocycles. The number of pyridine rings is 1. The average molecular weight is 368 g/mol. The van der Waals surface area contributed by atoms with E-state index >= 15 is 0 Å². The molecule has 140 valence electrons. The van der Waals surface area contributed by atoms with Crippen LogP contribution in [0.2, 0.25) is 0 Å². The van der Waals surface area contributed by atoms with E-state index in [1.54, 1.807) is 6.20 Å². The van der Waals surface area contributed by atoms with Crippen molar-refractivity contribution >= 4 is 0 Å². The van der Waals surface area contributed by atoms with Crippen LogP contribution in [0, 0.1) is 0 Å². The summed E-state index contributed by atoms with van der Waals surface area (Å²) in [4.78, 5) is 4.32. The van der Waals surface area contributed by atoms with Gasteiger partial charge in [-0.1, -0.05) is 60.5 Å². The van der Waals surface area contributed by atoms with Gasteiger partial charge in [0.25, 0.3) is 0 Å². The first-order valence-electron chi connectivity index (χ1n) is 11.2. The van der Waals surface area contributed by atoms with Crippen LogP contribution in [0.1, 0.15) is 18.0 Å². The van der Waals surface area contributed by atoms with Gasteiger partial charge in [-0.15, -0.1) is 0 Å². The molecule has 3 aromatic rings. The largest absolute Gasteiger partial charge is 0.390 e. The van der Waals surface area contributed by atoms with Crippen LogP contribution in [-0.4, -0.2) is 33.8 Å². The Morgan fingerprint density at radius 2 is 1.78 bits per heavy atom. The van der Waals surface area contributed by atoms with Gasteiger partial charge in [-0.25, -0.2) is 5.01 Å². The average Bonchev–Trinajstić information content (AvgIpc) is 2.80. The third-order valence-electron chi connectivity index (χ3n) is 4.21. The number of aliphatic hydroxyl groups is 1. The van der Waals surface area contributed by atoms with Gasteiger partial charge >= 0.3 is 0 Å². The number of rotatable bonds is 8. The molecule has 5 nitrogen and oxygen atoms in total. The zero-order valence-electron chi connectivity index (χ0n) is 19.9. The number of aromatic nitrogens is 1. The van der Waals surface area contributed by atoms with Crippen molar-refractivity contribution < 1.29 is 12.0 Å². The van der Waals surface area contributed by atoms with Crippen LogP contribution in [0.5, 0.6) is 0 Å². The molecule has 5 heteroatoms. The lowest BCUT2D eigenvalue weighted by Gasteiger charge is -2.24. The maximum absolute atomic E-state index is 10.5. The van der Waals surface area contributed by atoms with Crippen LogP contribution in [-0.2, 0) is 13.0 Å². The van der Waals surface area contributed by atoms with Crippen molar-refractivity contribution in [3.05, 3.63) is 90.0 Å². The van der Waals surface area contributed by atoms with Gasteiger partial charge in [0.2, 0.25) is 0 Å². The van der Waals surface area contributed by atoms with Crippen LogP contribution >= 0.6 is 0 Å². The van der Waals surface area contributed by atoms with Gasteiger partial charge in [0.1, 0.15) is 0 Å². The highest BCUT2D eigenvalue weighted by atomic mass is 16.3. The summed E-state index contributed by atoms with van der Waals surface area (Å²) < 4.78 is 39.1. The van der Waals surface area contributed by atoms with E-state index in [4.69, 9.17) is 18.4 Å². The molecule has 2 atom stereocenters. The highest BCUT2D eigenvalue weighted by Crippen LogP contribution is 2.17. The molecule has 0 spiro atoms. The summed E-state index contributed by atoms with van der Waals surface area (Å²) in [6, 6.07) is 10.7. The molecule has 27 heavy (non-hydrogen) atoms. The van der Waals surface area contributed by atoms with Crippen molar-refractivity contribution in [1.29, 1.82) is 0 Å². The number of hydrogen-bond donors (Lipinski definition) is 3. The Morgan fingerprint density at radius 1 is 1.04 bits per heavy atom. The molecule has 0 bridgehead atoms. The van der Waals surface area contributed by atoms with Crippen molar-refractivity contribution in [2.45, 2.75) is 25.1 Å². The Balaban J connectivity index is 1.60. The van der Waals surface area contributed by atoms with E-state index < -0.39 is 30.3 Å². The van der Waals surface area contributed by atoms with Crippen LogP contribution in [0.15, 0.2) is 78.9 Å². The Labute approximate surface area is 167 Å². The van der Waals surface area contributed by atoms with E-state index in [9.17, 15) is 5.11 Å². The molecule has 3 rings (SSSR count). The Bertz CT molecular complexity index is 1040. The molecular weight excluding hydrogens is 336 g/mol. The van der Waals surface area contributed by atoms with Crippen molar-refractivity contribution in [2.75, 3.05) is 6.54 Å². The minimum Gasteiger partial charge on any atom is -0.390 e. The van der Waals surface area contributed by atoms with Crippen molar-refractivity contribution in [2.24, 2.45) is 11.6 Å². The van der Waals surface area contributed by atoms with Crippen LogP contribution in [0.25, 0.3) is 11.3 Å². The molecule has 0 saturated heterocycles. The van der Waals surface area contributed by atoms with Gasteiger partial charge < -0.3 is 10.8 Å². The summed E-state index contributed by atoms with van der Waals surface area (Å²) in [5.74, 6) is 6.06. The van der Waals surface area contributed by atoms with Gasteiger partial charge in [0, 0.05) is 30.9 Å². The number of hydrazine groups is 1. The number of nitrogens with two attached hydrogens (primary N) is 2. The molecule has 2 aromatic carbocycles. The lowest BCUT2D eigenvalue weighted by atomic mass is 10.0. The van der Waals surface area contributed by atoms with Crippen molar-refractivity contribution in [1.82, 2.24) is 9.99 Å². The first-order chi connectivity index (χ1) is 15.2. The molecule has 0 unspecified atom stereocenters. The van der Waals surface area contributed by atoms with Gasteiger partial charge in [0.15, 0.2) is 0 Å². The second-order valence-electron chi connectivity index (χ2n) is 6.38. The minimum atomic E-state index is -1.05. The number of benzene rings is 2. The number of hydrogen-bond acceptors (Lipinski definition) is 5. The molecule has 1 aromatic heterocycles. The van der Waals surface area contributed by atoms with Crippen molar-refractivity contribution in [3.8, 4) is 11.3 Å². The summed E-state index contributed by atoms with van der Waals surface area (Å²) >= 11 is 0. The lowest BCUT2D eigenvalue weighted by molar-refractivity contribution is 0.0877. The SMILES string of the molecule is [2H]c1c([2H])c([2H])c(C[C@@H](N)[C@H](O)CN(N)Cc2ccc(-c3ccccn3)cc2)c([2H])c1[2H]. The monoisotopic (exact) mass is 367 g/mol. The first-order valence-corrected chi connectivity index (χ1v) is 8.68. The fraction of sp³-hybridized carbons (Fsp3) is 0.227. The molecule has 0 saturated carbocycles. The zero-order chi connectivity index (χ0) is 23.4. The Morgan fingerprint density at radius 3 is 2.44 bits per heavy atom. The van der Waals surface area contributed by atoms with E-state index in [0.717, 1.165) is 16.8 Å². The molecule has 5 N–H and O–H groups in total. The van der Waals surface area contributed by atoms with Gasteiger partial charge in [-0.3, -0.25) is 10.8 Å². The third kappa shape index (κ3) is 5.70. The quantitative estimate of drug-likeness (QED) is 0.420. The maximum atomic E-state index is 10.5. The Hall–Kier alpha value is -2.57. The lowest BCUT2D eigenvalue weighted by Crippen LogP contribution is -2.46. The van der Waals surface area contributed by atoms with Gasteiger partial charge in [0.05, 0.1) is 18.7 Å². The summed E-state index contributed by atoms with van der Waals surface area (Å²) in [6.45, 7) is 0.433. The summed E-state index contributed by atoms with van der Waals surface area (Å²) in [6.07, 6.45) is 0.620. The van der Waals surface area contributed by atoms with Crippen LogP contribution < -0.4 is 11.6 Å². The predicted octanol–water partition coefficient (Wildman–Crippen LogP) is 2.36. The second kappa shape index (κ2) is 9.39. The van der Waals surface area contributed by atoms with E-state index in [0.29, 0.717) is 6.54 Å². The first kappa shape index (κ1) is 13.6. The van der Waals surface area contributed by atoms with E-state index in [1.807, 2.05) is 42.5 Å². The van der Waals surface area contributed by atoms with E-state index in [-0.39, 0.29) is 30.6 Å². The fourth-order valence-corrected chi connectivity index (χ4v) is 2.74. The molecular formula is C22H26N4O.